The van der Waals surface area contributed by atoms with Gasteiger partial charge < -0.3 is 4.90 Å². The van der Waals surface area contributed by atoms with Gasteiger partial charge in [0.15, 0.2) is 0 Å². The predicted molar refractivity (Wildman–Crippen MR) is 58.5 cm³/mol. The van der Waals surface area contributed by atoms with Crippen molar-refractivity contribution in [2.75, 3.05) is 13.1 Å². The van der Waals surface area contributed by atoms with Crippen molar-refractivity contribution < 1.29 is 0 Å². The highest BCUT2D eigenvalue weighted by atomic mass is 15.1. The predicted octanol–water partition coefficient (Wildman–Crippen LogP) is 3.12. The van der Waals surface area contributed by atoms with E-state index in [0.717, 1.165) is 5.70 Å². The molecule has 0 N–H and O–H groups in total. The average Bonchev–Trinajstić information content (AvgIpc) is 2.42. The molecule has 0 saturated carbocycles. The summed E-state index contributed by atoms with van der Waals surface area (Å²) < 4.78 is 0. The second-order valence-corrected chi connectivity index (χ2v) is 3.49. The number of likely N-dealkylation sites (tertiary alicyclic amines) is 1. The smallest absolute Gasteiger partial charge is 0.0293 e. The number of hydrogen-bond acceptors (Lipinski definition) is 1. The minimum Gasteiger partial charge on any atom is -0.372 e. The molecule has 1 nitrogen and oxygen atoms in total. The van der Waals surface area contributed by atoms with Gasteiger partial charge in [0.2, 0.25) is 0 Å². The van der Waals surface area contributed by atoms with Crippen molar-refractivity contribution in [1.82, 2.24) is 4.90 Å². The summed E-state index contributed by atoms with van der Waals surface area (Å²) in [6, 6.07) is 0. The molecule has 1 aliphatic rings. The molecule has 13 heavy (non-hydrogen) atoms. The number of rotatable bonds is 3. The summed E-state index contributed by atoms with van der Waals surface area (Å²) in [5, 5.41) is 0. The van der Waals surface area contributed by atoms with Crippen LogP contribution >= 0.6 is 0 Å². The molecule has 1 saturated heterocycles. The number of nitrogens with zero attached hydrogens (tertiary/aromatic N) is 1. The molecule has 0 aliphatic carbocycles. The van der Waals surface area contributed by atoms with Gasteiger partial charge in [-0.15, -0.1) is 0 Å². The minimum absolute atomic E-state index is 1.13. The van der Waals surface area contributed by atoms with Gasteiger partial charge in [0.05, 0.1) is 0 Å². The monoisotopic (exact) mass is 177 g/mol. The molecule has 1 heteroatoms. The lowest BCUT2D eigenvalue weighted by molar-refractivity contribution is 0.371. The van der Waals surface area contributed by atoms with E-state index in [0.29, 0.717) is 0 Å². The molecular formula is C12H19N. The number of hydrogen-bond donors (Lipinski definition) is 0. The minimum atomic E-state index is 1.13. The van der Waals surface area contributed by atoms with E-state index in [2.05, 4.69) is 18.1 Å². The molecule has 1 fully saturated rings. The van der Waals surface area contributed by atoms with Crippen molar-refractivity contribution in [3.05, 3.63) is 37.1 Å². The molecule has 1 heterocycles. The summed E-state index contributed by atoms with van der Waals surface area (Å²) in [5.74, 6) is 0. The van der Waals surface area contributed by atoms with Gasteiger partial charge in [-0.05, 0) is 18.9 Å². The fourth-order valence-corrected chi connectivity index (χ4v) is 1.64. The summed E-state index contributed by atoms with van der Waals surface area (Å²) >= 11 is 0. The lowest BCUT2D eigenvalue weighted by Crippen LogP contribution is -2.22. The average molecular weight is 177 g/mol. The van der Waals surface area contributed by atoms with Gasteiger partial charge in [-0.25, -0.2) is 0 Å². The summed E-state index contributed by atoms with van der Waals surface area (Å²) in [4.78, 5) is 2.37. The van der Waals surface area contributed by atoms with Crippen molar-refractivity contribution in [3.63, 3.8) is 0 Å². The normalized spacial score (nSPS) is 18.6. The van der Waals surface area contributed by atoms with Crippen LogP contribution in [-0.2, 0) is 0 Å². The molecule has 1 aliphatic heterocycles. The highest BCUT2D eigenvalue weighted by Crippen LogP contribution is 2.14. The first-order valence-corrected chi connectivity index (χ1v) is 5.07. The van der Waals surface area contributed by atoms with Crippen LogP contribution in [0, 0.1) is 0 Å². The quantitative estimate of drug-likeness (QED) is 0.599. The Morgan fingerprint density at radius 3 is 2.23 bits per heavy atom. The first kappa shape index (κ1) is 10.1. The molecule has 0 aromatic heterocycles. The highest BCUT2D eigenvalue weighted by Gasteiger charge is 2.07. The zero-order valence-corrected chi connectivity index (χ0v) is 8.34. The maximum atomic E-state index is 4.05. The molecule has 0 unspecified atom stereocenters. The Bertz CT molecular complexity index is 195. The highest BCUT2D eigenvalue weighted by molar-refractivity contribution is 5.17. The summed E-state index contributed by atoms with van der Waals surface area (Å²) in [6.07, 6.45) is 11.1. The van der Waals surface area contributed by atoms with Gasteiger partial charge in [0.25, 0.3) is 0 Å². The van der Waals surface area contributed by atoms with Crippen LogP contribution in [-0.4, -0.2) is 18.0 Å². The molecular weight excluding hydrogens is 158 g/mol. The molecule has 0 atom stereocenters. The van der Waals surface area contributed by atoms with E-state index in [1.165, 1.54) is 38.8 Å². The molecule has 1 rings (SSSR count). The van der Waals surface area contributed by atoms with Crippen molar-refractivity contribution in [2.45, 2.75) is 25.7 Å². The summed E-state index contributed by atoms with van der Waals surface area (Å²) in [6.45, 7) is 10.0. The van der Waals surface area contributed by atoms with Crippen molar-refractivity contribution in [2.24, 2.45) is 0 Å². The molecule has 0 aromatic rings. The first-order valence-electron chi connectivity index (χ1n) is 5.07. The Balaban J connectivity index is 2.43. The van der Waals surface area contributed by atoms with Crippen LogP contribution in [0.15, 0.2) is 37.1 Å². The molecule has 0 amide bonds. The second-order valence-electron chi connectivity index (χ2n) is 3.49. The fraction of sp³-hybridized carbons (Fsp3) is 0.500. The second kappa shape index (κ2) is 5.63. The Hall–Kier alpha value is -0.980. The maximum absolute atomic E-state index is 4.05. The Morgan fingerprint density at radius 1 is 1.08 bits per heavy atom. The van der Waals surface area contributed by atoms with Gasteiger partial charge in [0.1, 0.15) is 0 Å². The third-order valence-corrected chi connectivity index (χ3v) is 2.44. The molecule has 0 bridgehead atoms. The third kappa shape index (κ3) is 3.49. The van der Waals surface area contributed by atoms with Gasteiger partial charge in [-0.1, -0.05) is 38.2 Å². The van der Waals surface area contributed by atoms with Gasteiger partial charge in [0, 0.05) is 18.8 Å². The van der Waals surface area contributed by atoms with Crippen LogP contribution in [0.2, 0.25) is 0 Å². The van der Waals surface area contributed by atoms with Crippen molar-refractivity contribution in [3.8, 4) is 0 Å². The zero-order chi connectivity index (χ0) is 9.52. The Kier molecular flexibility index (Phi) is 4.37. The first-order chi connectivity index (χ1) is 6.34. The van der Waals surface area contributed by atoms with E-state index < -0.39 is 0 Å². The maximum Gasteiger partial charge on any atom is 0.0293 e. The molecule has 72 valence electrons. The topological polar surface area (TPSA) is 3.24 Å². The van der Waals surface area contributed by atoms with Gasteiger partial charge >= 0.3 is 0 Å². The van der Waals surface area contributed by atoms with Gasteiger partial charge in [-0.3, -0.25) is 0 Å². The standard InChI is InChI=1S/C12H19N/c1-3-4-9-12(2)13-10-7-5-6-8-11-13/h3-4,9H,1-2,5-8,10-11H2/b9-4-. The zero-order valence-electron chi connectivity index (χ0n) is 8.34. The van der Waals surface area contributed by atoms with E-state index in [-0.39, 0.29) is 0 Å². The third-order valence-electron chi connectivity index (χ3n) is 2.44. The van der Waals surface area contributed by atoms with Crippen LogP contribution in [0.1, 0.15) is 25.7 Å². The van der Waals surface area contributed by atoms with E-state index in [4.69, 9.17) is 0 Å². The summed E-state index contributed by atoms with van der Waals surface area (Å²) in [7, 11) is 0. The SMILES string of the molecule is C=C/C=C\C(=C)N1CCCCCC1. The van der Waals surface area contributed by atoms with Crippen LogP contribution in [0.25, 0.3) is 0 Å². The molecule has 0 radical (unpaired) electrons. The Morgan fingerprint density at radius 2 is 1.69 bits per heavy atom. The Labute approximate surface area is 81.4 Å². The summed E-state index contributed by atoms with van der Waals surface area (Å²) in [5.41, 5.74) is 1.13. The van der Waals surface area contributed by atoms with Crippen LogP contribution in [0.3, 0.4) is 0 Å². The largest absolute Gasteiger partial charge is 0.372 e. The van der Waals surface area contributed by atoms with Gasteiger partial charge in [-0.2, -0.15) is 0 Å². The van der Waals surface area contributed by atoms with E-state index in [1.54, 1.807) is 6.08 Å². The van der Waals surface area contributed by atoms with E-state index >= 15 is 0 Å². The molecule has 0 aromatic carbocycles. The van der Waals surface area contributed by atoms with Crippen LogP contribution in [0.5, 0.6) is 0 Å². The fourth-order valence-electron chi connectivity index (χ4n) is 1.64. The van der Waals surface area contributed by atoms with Crippen molar-refractivity contribution >= 4 is 0 Å². The van der Waals surface area contributed by atoms with E-state index in [1.807, 2.05) is 12.2 Å². The number of allylic oxidation sites excluding steroid dienone is 3. The molecule has 0 spiro atoms. The lowest BCUT2D eigenvalue weighted by Gasteiger charge is -2.22. The van der Waals surface area contributed by atoms with Crippen LogP contribution in [0.4, 0.5) is 0 Å². The van der Waals surface area contributed by atoms with E-state index in [9.17, 15) is 0 Å². The van der Waals surface area contributed by atoms with Crippen molar-refractivity contribution in [1.29, 1.82) is 0 Å². The lowest BCUT2D eigenvalue weighted by atomic mass is 10.2. The van der Waals surface area contributed by atoms with Crippen LogP contribution < -0.4 is 0 Å².